The van der Waals surface area contributed by atoms with Crippen molar-refractivity contribution < 1.29 is 40.8 Å². The largest absolute Gasteiger partial charge is 0.494 e. The first-order chi connectivity index (χ1) is 16.2. The Kier molecular flexibility index (Phi) is 7.13. The van der Waals surface area contributed by atoms with E-state index in [0.717, 1.165) is 29.8 Å². The third-order valence-corrected chi connectivity index (χ3v) is 5.56. The fourth-order valence-corrected chi connectivity index (χ4v) is 3.78. The molecule has 188 valence electrons. The number of amides is 1. The molecule has 2 aromatic rings. The summed E-state index contributed by atoms with van der Waals surface area (Å²) in [7, 11) is 0. The highest BCUT2D eigenvalue weighted by atomic mass is 19.4. The standard InChI is InChI=1S/C23H20F6N2O4/c1-14-3-5-15(6-4-14)18-13-21(23(27,28)29,30-20(32)19(18)31(33)34)16-7-9-17(10-8-16)35-12-2-11-22(24,25)26/h3-10H,2,11-13H2,1H3,(H,30,32). The van der Waals surface area contributed by atoms with E-state index < -0.39 is 52.8 Å². The number of halogens is 6. The molecule has 1 aliphatic rings. The lowest BCUT2D eigenvalue weighted by atomic mass is 9.77. The smallest absolute Gasteiger partial charge is 0.416 e. The molecule has 1 aliphatic heterocycles. The van der Waals surface area contributed by atoms with Crippen LogP contribution in [-0.2, 0) is 10.3 Å². The van der Waals surface area contributed by atoms with Crippen molar-refractivity contribution in [2.75, 3.05) is 6.61 Å². The fraction of sp³-hybridized carbons (Fsp3) is 0.348. The molecule has 0 aromatic heterocycles. The molecule has 1 atom stereocenters. The normalized spacial score (nSPS) is 18.9. The Bertz CT molecular complexity index is 1120. The second kappa shape index (κ2) is 9.59. The summed E-state index contributed by atoms with van der Waals surface area (Å²) in [5.41, 5.74) is -3.85. The molecule has 0 spiro atoms. The number of benzene rings is 2. The van der Waals surface area contributed by atoms with Crippen LogP contribution in [0, 0.1) is 17.0 Å². The number of carbonyl (C=O) groups is 1. The van der Waals surface area contributed by atoms with Gasteiger partial charge in [-0.25, -0.2) is 0 Å². The monoisotopic (exact) mass is 502 g/mol. The summed E-state index contributed by atoms with van der Waals surface area (Å²) in [6.07, 6.45) is -11.7. The van der Waals surface area contributed by atoms with Crippen LogP contribution >= 0.6 is 0 Å². The van der Waals surface area contributed by atoms with Gasteiger partial charge in [-0.2, -0.15) is 26.3 Å². The molecule has 0 bridgehead atoms. The summed E-state index contributed by atoms with van der Waals surface area (Å²) in [5.74, 6) is -1.45. The molecule has 0 saturated carbocycles. The molecule has 0 fully saturated rings. The molecule has 0 saturated heterocycles. The summed E-state index contributed by atoms with van der Waals surface area (Å²) >= 11 is 0. The molecule has 0 aliphatic carbocycles. The van der Waals surface area contributed by atoms with Gasteiger partial charge in [-0.15, -0.1) is 0 Å². The maximum atomic E-state index is 14.5. The van der Waals surface area contributed by atoms with Crippen LogP contribution in [0.1, 0.15) is 36.0 Å². The minimum Gasteiger partial charge on any atom is -0.494 e. The summed E-state index contributed by atoms with van der Waals surface area (Å²) in [6.45, 7) is 1.43. The number of alkyl halides is 6. The number of nitrogens with one attached hydrogen (secondary N) is 1. The number of hydrogen-bond donors (Lipinski definition) is 1. The first kappa shape index (κ1) is 26.0. The van der Waals surface area contributed by atoms with E-state index in [1.165, 1.54) is 12.1 Å². The third kappa shape index (κ3) is 5.75. The summed E-state index contributed by atoms with van der Waals surface area (Å²) in [4.78, 5) is 23.2. The van der Waals surface area contributed by atoms with Crippen LogP contribution in [-0.4, -0.2) is 29.8 Å². The van der Waals surface area contributed by atoms with Gasteiger partial charge in [0.05, 0.1) is 11.5 Å². The lowest BCUT2D eigenvalue weighted by Gasteiger charge is -2.39. The van der Waals surface area contributed by atoms with Crippen molar-refractivity contribution >= 4 is 11.5 Å². The van der Waals surface area contributed by atoms with Gasteiger partial charge in [0.2, 0.25) is 0 Å². The zero-order chi connectivity index (χ0) is 26.0. The van der Waals surface area contributed by atoms with E-state index >= 15 is 0 Å². The van der Waals surface area contributed by atoms with E-state index in [1.807, 2.05) is 0 Å². The Morgan fingerprint density at radius 1 is 1.03 bits per heavy atom. The predicted molar refractivity (Wildman–Crippen MR) is 113 cm³/mol. The molecule has 1 heterocycles. The number of aryl methyl sites for hydroxylation is 1. The Balaban J connectivity index is 1.97. The Morgan fingerprint density at radius 3 is 2.14 bits per heavy atom. The topological polar surface area (TPSA) is 81.5 Å². The van der Waals surface area contributed by atoms with Crippen molar-refractivity contribution in [2.45, 2.75) is 44.1 Å². The van der Waals surface area contributed by atoms with Crippen LogP contribution in [0.25, 0.3) is 5.57 Å². The van der Waals surface area contributed by atoms with Crippen molar-refractivity contribution in [2.24, 2.45) is 0 Å². The summed E-state index contributed by atoms with van der Waals surface area (Å²) in [6, 6.07) is 10.3. The molecular weight excluding hydrogens is 482 g/mol. The zero-order valence-corrected chi connectivity index (χ0v) is 18.3. The van der Waals surface area contributed by atoms with Crippen LogP contribution < -0.4 is 10.1 Å². The second-order valence-corrected chi connectivity index (χ2v) is 8.08. The van der Waals surface area contributed by atoms with Gasteiger partial charge in [0.25, 0.3) is 0 Å². The Morgan fingerprint density at radius 2 is 1.63 bits per heavy atom. The van der Waals surface area contributed by atoms with Gasteiger partial charge in [-0.05, 0) is 36.6 Å². The van der Waals surface area contributed by atoms with E-state index in [2.05, 4.69) is 0 Å². The highest BCUT2D eigenvalue weighted by molar-refractivity contribution is 6.01. The van der Waals surface area contributed by atoms with E-state index in [1.54, 1.807) is 24.4 Å². The first-order valence-corrected chi connectivity index (χ1v) is 10.4. The SMILES string of the molecule is Cc1ccc(C2=C([N+](=O)[O-])C(=O)NC(c3ccc(OCCCC(F)(F)F)cc3)(C(F)(F)F)C2)cc1. The quantitative estimate of drug-likeness (QED) is 0.229. The molecule has 12 heteroatoms. The molecule has 0 radical (unpaired) electrons. The molecule has 1 amide bonds. The third-order valence-electron chi connectivity index (χ3n) is 5.56. The van der Waals surface area contributed by atoms with Gasteiger partial charge in [0.1, 0.15) is 5.75 Å². The number of hydrogen-bond acceptors (Lipinski definition) is 4. The highest BCUT2D eigenvalue weighted by Crippen LogP contribution is 2.48. The van der Waals surface area contributed by atoms with Crippen LogP contribution in [0.5, 0.6) is 5.75 Å². The zero-order valence-electron chi connectivity index (χ0n) is 18.3. The fourth-order valence-electron chi connectivity index (χ4n) is 3.78. The van der Waals surface area contributed by atoms with E-state index in [9.17, 15) is 41.3 Å². The Labute approximate surface area is 195 Å². The molecule has 6 nitrogen and oxygen atoms in total. The van der Waals surface area contributed by atoms with Gasteiger partial charge >= 0.3 is 24.0 Å². The molecule has 2 aromatic carbocycles. The van der Waals surface area contributed by atoms with Gasteiger partial charge in [-0.1, -0.05) is 42.0 Å². The maximum Gasteiger partial charge on any atom is 0.416 e. The van der Waals surface area contributed by atoms with Gasteiger partial charge in [-0.3, -0.25) is 14.9 Å². The van der Waals surface area contributed by atoms with Crippen molar-refractivity contribution in [1.29, 1.82) is 0 Å². The lowest BCUT2D eigenvalue weighted by molar-refractivity contribution is -0.419. The minimum absolute atomic E-state index is 0.0377. The molecule has 3 rings (SSSR count). The van der Waals surface area contributed by atoms with E-state index in [-0.39, 0.29) is 29.9 Å². The first-order valence-electron chi connectivity index (χ1n) is 10.4. The second-order valence-electron chi connectivity index (χ2n) is 8.08. The highest BCUT2D eigenvalue weighted by Gasteiger charge is 2.61. The van der Waals surface area contributed by atoms with Crippen molar-refractivity contribution in [3.05, 3.63) is 81.0 Å². The van der Waals surface area contributed by atoms with E-state index in [4.69, 9.17) is 4.74 Å². The number of nitro groups is 1. The lowest BCUT2D eigenvalue weighted by Crippen LogP contribution is -2.59. The molecule has 35 heavy (non-hydrogen) atoms. The Hall–Kier alpha value is -3.57. The van der Waals surface area contributed by atoms with Crippen molar-refractivity contribution in [3.63, 3.8) is 0 Å². The van der Waals surface area contributed by atoms with E-state index in [0.29, 0.717) is 0 Å². The number of rotatable bonds is 7. The van der Waals surface area contributed by atoms with Crippen LogP contribution in [0.3, 0.4) is 0 Å². The van der Waals surface area contributed by atoms with Crippen LogP contribution in [0.2, 0.25) is 0 Å². The number of nitrogens with zero attached hydrogens (tertiary/aromatic N) is 1. The molecular formula is C23H20F6N2O4. The van der Waals surface area contributed by atoms with Crippen LogP contribution in [0.15, 0.2) is 54.2 Å². The average Bonchev–Trinajstić information content (AvgIpc) is 2.75. The average molecular weight is 502 g/mol. The molecule has 1 N–H and O–H groups in total. The number of carbonyl (C=O) groups excluding carboxylic acids is 1. The number of ether oxygens (including phenoxy) is 1. The van der Waals surface area contributed by atoms with Gasteiger partial charge in [0, 0.05) is 18.4 Å². The summed E-state index contributed by atoms with van der Waals surface area (Å²) < 4.78 is 85.2. The molecule has 1 unspecified atom stereocenters. The van der Waals surface area contributed by atoms with Crippen LogP contribution in [0.4, 0.5) is 26.3 Å². The van der Waals surface area contributed by atoms with Crippen molar-refractivity contribution in [3.8, 4) is 5.75 Å². The minimum atomic E-state index is -5.05. The van der Waals surface area contributed by atoms with Gasteiger partial charge in [0.15, 0.2) is 5.54 Å². The van der Waals surface area contributed by atoms with Gasteiger partial charge < -0.3 is 10.1 Å². The summed E-state index contributed by atoms with van der Waals surface area (Å²) in [5, 5.41) is 13.4. The van der Waals surface area contributed by atoms with Crippen molar-refractivity contribution in [1.82, 2.24) is 5.32 Å². The maximum absolute atomic E-state index is 14.5. The predicted octanol–water partition coefficient (Wildman–Crippen LogP) is 5.68.